The maximum absolute atomic E-state index is 12.4. The monoisotopic (exact) mass is 373 g/mol. The van der Waals surface area contributed by atoms with Crippen molar-refractivity contribution in [3.05, 3.63) is 46.4 Å². The lowest BCUT2D eigenvalue weighted by atomic mass is 9.94. The molecule has 0 spiro atoms. The summed E-state index contributed by atoms with van der Waals surface area (Å²) in [7, 11) is 2.16. The lowest BCUT2D eigenvalue weighted by molar-refractivity contribution is 0.0944. The van der Waals surface area contributed by atoms with E-state index in [1.54, 1.807) is 22.9 Å². The van der Waals surface area contributed by atoms with Crippen LogP contribution < -0.4 is 10.1 Å². The zero-order chi connectivity index (χ0) is 18.2. The predicted octanol–water partition coefficient (Wildman–Crippen LogP) is 3.72. The molecule has 1 N–H and O–H groups in total. The molecule has 1 fully saturated rings. The zero-order valence-electron chi connectivity index (χ0n) is 15.3. The number of amides is 1. The van der Waals surface area contributed by atoms with Crippen LogP contribution in [0.1, 0.15) is 48.2 Å². The molecule has 3 rings (SSSR count). The average Bonchev–Trinajstić information content (AvgIpc) is 3.21. The van der Waals surface area contributed by atoms with Gasteiger partial charge in [0.15, 0.2) is 0 Å². The minimum atomic E-state index is -0.0545. The van der Waals surface area contributed by atoms with Crippen molar-refractivity contribution in [2.45, 2.75) is 44.8 Å². The Morgan fingerprint density at radius 3 is 2.96 bits per heavy atom. The number of ether oxygens (including phenoxy) is 1. The number of benzene rings is 1. The van der Waals surface area contributed by atoms with E-state index in [0.29, 0.717) is 30.5 Å². The summed E-state index contributed by atoms with van der Waals surface area (Å²) in [4.78, 5) is 19.0. The predicted molar refractivity (Wildman–Crippen MR) is 105 cm³/mol. The molecule has 1 amide bonds. The molecule has 1 heterocycles. The molecule has 5 nitrogen and oxygen atoms in total. The van der Waals surface area contributed by atoms with Crippen molar-refractivity contribution < 1.29 is 9.53 Å². The van der Waals surface area contributed by atoms with Crippen molar-refractivity contribution in [3.63, 3.8) is 0 Å². The summed E-state index contributed by atoms with van der Waals surface area (Å²) in [6.45, 7) is 1.97. The highest BCUT2D eigenvalue weighted by Gasteiger charge is 2.17. The second kappa shape index (κ2) is 9.69. The van der Waals surface area contributed by atoms with Gasteiger partial charge in [0, 0.05) is 30.1 Å². The summed E-state index contributed by atoms with van der Waals surface area (Å²) in [5.41, 5.74) is 3.31. The first kappa shape index (κ1) is 18.9. The van der Waals surface area contributed by atoms with Gasteiger partial charge in [-0.25, -0.2) is 4.98 Å². The van der Waals surface area contributed by atoms with E-state index in [-0.39, 0.29) is 5.91 Å². The van der Waals surface area contributed by atoms with Crippen molar-refractivity contribution in [1.82, 2.24) is 15.2 Å². The number of nitrogens with one attached hydrogen (secondary N) is 1. The molecule has 1 aromatic carbocycles. The summed E-state index contributed by atoms with van der Waals surface area (Å²) in [6, 6.07) is 7.98. The fourth-order valence-electron chi connectivity index (χ4n) is 3.35. The third-order valence-corrected chi connectivity index (χ3v) is 5.55. The van der Waals surface area contributed by atoms with E-state index in [0.717, 1.165) is 12.2 Å². The molecule has 0 unspecified atom stereocenters. The average molecular weight is 374 g/mol. The Bertz CT molecular complexity index is 684. The van der Waals surface area contributed by atoms with Crippen LogP contribution in [0.5, 0.6) is 5.75 Å². The van der Waals surface area contributed by atoms with Crippen LogP contribution in [0.4, 0.5) is 0 Å². The Balaban J connectivity index is 1.44. The number of carbonyl (C=O) groups excluding carboxylic acids is 1. The lowest BCUT2D eigenvalue weighted by Gasteiger charge is -2.31. The van der Waals surface area contributed by atoms with Gasteiger partial charge in [0.1, 0.15) is 12.4 Å². The molecule has 26 heavy (non-hydrogen) atoms. The number of hydrogen-bond donors (Lipinski definition) is 1. The van der Waals surface area contributed by atoms with E-state index in [9.17, 15) is 4.79 Å². The number of carbonyl (C=O) groups is 1. The van der Waals surface area contributed by atoms with Crippen molar-refractivity contribution in [3.8, 4) is 5.75 Å². The first-order valence-corrected chi connectivity index (χ1v) is 10.2. The van der Waals surface area contributed by atoms with Gasteiger partial charge in [-0.2, -0.15) is 0 Å². The van der Waals surface area contributed by atoms with Crippen LogP contribution >= 0.6 is 11.3 Å². The van der Waals surface area contributed by atoms with E-state index in [4.69, 9.17) is 4.74 Å². The van der Waals surface area contributed by atoms with E-state index < -0.39 is 0 Å². The Morgan fingerprint density at radius 2 is 2.19 bits per heavy atom. The van der Waals surface area contributed by atoms with Gasteiger partial charge < -0.3 is 15.0 Å². The highest BCUT2D eigenvalue weighted by atomic mass is 32.1. The van der Waals surface area contributed by atoms with Gasteiger partial charge >= 0.3 is 0 Å². The molecule has 0 atom stereocenters. The third-order valence-electron chi connectivity index (χ3n) is 4.91. The number of hydrogen-bond acceptors (Lipinski definition) is 5. The molecule has 0 saturated heterocycles. The topological polar surface area (TPSA) is 54.5 Å². The molecule has 6 heteroatoms. The molecule has 0 aliphatic heterocycles. The van der Waals surface area contributed by atoms with Crippen LogP contribution in [0.3, 0.4) is 0 Å². The quantitative estimate of drug-likeness (QED) is 0.766. The fourth-order valence-corrected chi connectivity index (χ4v) is 3.89. The van der Waals surface area contributed by atoms with Gasteiger partial charge in [0.2, 0.25) is 0 Å². The molecule has 1 aliphatic rings. The molecular formula is C20H27N3O2S. The second-order valence-corrected chi connectivity index (χ2v) is 7.54. The zero-order valence-corrected chi connectivity index (χ0v) is 16.1. The van der Waals surface area contributed by atoms with Crippen LogP contribution in [0.15, 0.2) is 35.2 Å². The molecule has 2 aromatic rings. The Labute approximate surface area is 159 Å². The Morgan fingerprint density at radius 1 is 1.35 bits per heavy atom. The number of thiazole rings is 1. The van der Waals surface area contributed by atoms with E-state index >= 15 is 0 Å². The minimum absolute atomic E-state index is 0.0545. The summed E-state index contributed by atoms with van der Waals surface area (Å²) >= 11 is 1.55. The number of rotatable bonds is 8. The Kier molecular flexibility index (Phi) is 7.03. The highest BCUT2D eigenvalue weighted by Crippen LogP contribution is 2.21. The maximum atomic E-state index is 12.4. The SMILES string of the molecule is CN(CCNC(=O)c1cccc(OCc2cscn2)c1)C1CCCCC1. The molecular weight excluding hydrogens is 346 g/mol. The maximum Gasteiger partial charge on any atom is 0.251 e. The minimum Gasteiger partial charge on any atom is -0.487 e. The van der Waals surface area contributed by atoms with E-state index in [1.165, 1.54) is 32.1 Å². The Hall–Kier alpha value is -1.92. The molecule has 1 aromatic heterocycles. The van der Waals surface area contributed by atoms with Crippen molar-refractivity contribution in [2.24, 2.45) is 0 Å². The normalized spacial score (nSPS) is 15.2. The van der Waals surface area contributed by atoms with Gasteiger partial charge in [0.25, 0.3) is 5.91 Å². The van der Waals surface area contributed by atoms with Crippen LogP contribution in [-0.2, 0) is 6.61 Å². The number of aromatic nitrogens is 1. The van der Waals surface area contributed by atoms with Gasteiger partial charge in [-0.15, -0.1) is 11.3 Å². The smallest absolute Gasteiger partial charge is 0.251 e. The summed E-state index contributed by atoms with van der Waals surface area (Å²) in [5.74, 6) is 0.631. The number of likely N-dealkylation sites (N-methyl/N-ethyl adjacent to an activating group) is 1. The van der Waals surface area contributed by atoms with Gasteiger partial charge in [-0.3, -0.25) is 4.79 Å². The van der Waals surface area contributed by atoms with E-state index in [1.807, 2.05) is 23.6 Å². The number of nitrogens with zero attached hydrogens (tertiary/aromatic N) is 2. The fraction of sp³-hybridized carbons (Fsp3) is 0.500. The third kappa shape index (κ3) is 5.54. The first-order chi connectivity index (χ1) is 12.7. The standard InChI is InChI=1S/C20H27N3O2S/c1-23(18-7-3-2-4-8-18)11-10-21-20(24)16-6-5-9-19(12-16)25-13-17-14-26-15-22-17/h5-6,9,12,14-15,18H,2-4,7-8,10-11,13H2,1H3,(H,21,24). The van der Waals surface area contributed by atoms with Crippen LogP contribution in [-0.4, -0.2) is 42.0 Å². The first-order valence-electron chi connectivity index (χ1n) is 9.31. The highest BCUT2D eigenvalue weighted by molar-refractivity contribution is 7.07. The van der Waals surface area contributed by atoms with Crippen molar-refractivity contribution >= 4 is 17.2 Å². The van der Waals surface area contributed by atoms with Crippen LogP contribution in [0.25, 0.3) is 0 Å². The van der Waals surface area contributed by atoms with Gasteiger partial charge in [0.05, 0.1) is 11.2 Å². The molecule has 1 aliphatic carbocycles. The lowest BCUT2D eigenvalue weighted by Crippen LogP contribution is -2.39. The largest absolute Gasteiger partial charge is 0.487 e. The summed E-state index contributed by atoms with van der Waals surface area (Å²) in [5, 5.41) is 4.98. The molecule has 0 bridgehead atoms. The molecule has 1 saturated carbocycles. The van der Waals surface area contributed by atoms with Crippen LogP contribution in [0.2, 0.25) is 0 Å². The molecule has 0 radical (unpaired) electrons. The van der Waals surface area contributed by atoms with Crippen molar-refractivity contribution in [1.29, 1.82) is 0 Å². The van der Waals surface area contributed by atoms with Crippen LogP contribution in [0, 0.1) is 0 Å². The van der Waals surface area contributed by atoms with Gasteiger partial charge in [-0.1, -0.05) is 25.3 Å². The summed E-state index contributed by atoms with van der Waals surface area (Å²) < 4.78 is 5.72. The summed E-state index contributed by atoms with van der Waals surface area (Å²) in [6.07, 6.45) is 6.58. The second-order valence-electron chi connectivity index (χ2n) is 6.82. The van der Waals surface area contributed by atoms with Crippen molar-refractivity contribution in [2.75, 3.05) is 20.1 Å². The van der Waals surface area contributed by atoms with E-state index in [2.05, 4.69) is 22.2 Å². The molecule has 140 valence electrons. The van der Waals surface area contributed by atoms with Gasteiger partial charge in [-0.05, 0) is 38.1 Å².